The number of benzene rings is 2. The van der Waals surface area contributed by atoms with Gasteiger partial charge in [-0.15, -0.1) is 0 Å². The molecule has 0 radical (unpaired) electrons. The molecule has 0 amide bonds. The van der Waals surface area contributed by atoms with Crippen molar-refractivity contribution in [3.05, 3.63) is 64.1 Å². The van der Waals surface area contributed by atoms with Crippen molar-refractivity contribution in [1.29, 1.82) is 0 Å². The van der Waals surface area contributed by atoms with Crippen molar-refractivity contribution in [2.45, 2.75) is 0 Å². The number of phenolic OH excluding ortho intramolecular Hbond substituents is 1. The van der Waals surface area contributed by atoms with Crippen LogP contribution in [0.1, 0.15) is 20.7 Å². The Labute approximate surface area is 117 Å². The molecule has 0 bridgehead atoms. The summed E-state index contributed by atoms with van der Waals surface area (Å²) in [6, 6.07) is 11.9. The molecule has 0 heterocycles. The number of halogens is 1. The first-order valence-electron chi connectivity index (χ1n) is 5.37. The van der Waals surface area contributed by atoms with E-state index in [1.54, 1.807) is 24.3 Å². The fourth-order valence-corrected chi connectivity index (χ4v) is 1.65. The minimum atomic E-state index is -0.757. The van der Waals surface area contributed by atoms with Gasteiger partial charge in [-0.05, 0) is 48.5 Å². The first-order valence-corrected chi connectivity index (χ1v) is 6.16. The molecular formula is C14H9BrO4. The van der Waals surface area contributed by atoms with Crippen molar-refractivity contribution < 1.29 is 19.4 Å². The van der Waals surface area contributed by atoms with Crippen molar-refractivity contribution in [3.63, 3.8) is 0 Å². The Balaban J connectivity index is 2.08. The maximum atomic E-state index is 11.7. The Morgan fingerprint density at radius 2 is 1.26 bits per heavy atom. The van der Waals surface area contributed by atoms with Gasteiger partial charge in [-0.2, -0.15) is 0 Å². The zero-order valence-electron chi connectivity index (χ0n) is 9.67. The number of esters is 2. The number of hydrogen-bond acceptors (Lipinski definition) is 4. The smallest absolute Gasteiger partial charge is 0.346 e. The van der Waals surface area contributed by atoms with E-state index in [-0.39, 0.29) is 16.9 Å². The number of hydrogen-bond donors (Lipinski definition) is 1. The molecule has 0 spiro atoms. The molecule has 2 aromatic rings. The highest BCUT2D eigenvalue weighted by Crippen LogP contribution is 2.14. The van der Waals surface area contributed by atoms with E-state index in [0.717, 1.165) is 4.47 Å². The van der Waals surface area contributed by atoms with E-state index >= 15 is 0 Å². The van der Waals surface area contributed by atoms with Gasteiger partial charge in [0.15, 0.2) is 0 Å². The van der Waals surface area contributed by atoms with E-state index in [0.29, 0.717) is 0 Å². The molecule has 0 aliphatic heterocycles. The number of phenols is 1. The molecule has 0 saturated carbocycles. The predicted octanol–water partition coefficient (Wildman–Crippen LogP) is 3.15. The van der Waals surface area contributed by atoms with Gasteiger partial charge in [-0.25, -0.2) is 9.59 Å². The summed E-state index contributed by atoms with van der Waals surface area (Å²) in [6.45, 7) is 0. The van der Waals surface area contributed by atoms with Gasteiger partial charge in [-0.1, -0.05) is 15.9 Å². The summed E-state index contributed by atoms with van der Waals surface area (Å²) in [6.07, 6.45) is 0. The monoisotopic (exact) mass is 320 g/mol. The number of ether oxygens (including phenoxy) is 1. The quantitative estimate of drug-likeness (QED) is 0.682. The summed E-state index contributed by atoms with van der Waals surface area (Å²) in [5.74, 6) is -1.44. The van der Waals surface area contributed by atoms with Gasteiger partial charge in [-0.3, -0.25) is 0 Å². The Hall–Kier alpha value is -2.14. The molecule has 0 fully saturated rings. The first kappa shape index (κ1) is 13.3. The molecule has 2 rings (SSSR count). The largest absolute Gasteiger partial charge is 0.508 e. The van der Waals surface area contributed by atoms with Gasteiger partial charge < -0.3 is 9.84 Å². The zero-order valence-corrected chi connectivity index (χ0v) is 11.3. The lowest BCUT2D eigenvalue weighted by molar-refractivity contribution is 0.0398. The maximum Gasteiger partial charge on any atom is 0.346 e. The van der Waals surface area contributed by atoms with E-state index in [4.69, 9.17) is 9.84 Å². The summed E-state index contributed by atoms with van der Waals surface area (Å²) in [7, 11) is 0. The zero-order chi connectivity index (χ0) is 13.8. The van der Waals surface area contributed by atoms with Crippen LogP contribution in [0.4, 0.5) is 0 Å². The summed E-state index contributed by atoms with van der Waals surface area (Å²) in [5.41, 5.74) is 0.485. The van der Waals surface area contributed by atoms with E-state index in [1.807, 2.05) is 0 Å². The third-order valence-electron chi connectivity index (χ3n) is 2.37. The van der Waals surface area contributed by atoms with Gasteiger partial charge in [0, 0.05) is 4.47 Å². The Bertz CT molecular complexity index is 547. The van der Waals surface area contributed by atoms with Crippen molar-refractivity contribution >= 4 is 27.9 Å². The van der Waals surface area contributed by atoms with Crippen LogP contribution in [0.15, 0.2) is 53.0 Å². The first-order chi connectivity index (χ1) is 9.06. The van der Waals surface area contributed by atoms with Crippen LogP contribution >= 0.6 is 15.9 Å². The van der Waals surface area contributed by atoms with E-state index in [9.17, 15) is 9.59 Å². The number of carbonyl (C=O) groups excluding carboxylic acids is 2. The lowest BCUT2D eigenvalue weighted by atomic mass is 10.2. The molecule has 0 atom stereocenters. The average molecular weight is 321 g/mol. The number of carbonyl (C=O) groups is 2. The molecule has 19 heavy (non-hydrogen) atoms. The van der Waals surface area contributed by atoms with Crippen LogP contribution in [0.2, 0.25) is 0 Å². The molecule has 96 valence electrons. The lowest BCUT2D eigenvalue weighted by Gasteiger charge is -2.03. The van der Waals surface area contributed by atoms with Gasteiger partial charge in [0.25, 0.3) is 0 Å². The Morgan fingerprint density at radius 3 is 1.74 bits per heavy atom. The highest BCUT2D eigenvalue weighted by atomic mass is 79.9. The summed E-state index contributed by atoms with van der Waals surface area (Å²) < 4.78 is 5.56. The summed E-state index contributed by atoms with van der Waals surface area (Å²) in [4.78, 5) is 23.4. The molecule has 0 aliphatic carbocycles. The number of rotatable bonds is 2. The standard InChI is InChI=1S/C14H9BrO4/c15-11-5-1-9(2-6-11)13(17)19-14(18)10-3-7-12(16)8-4-10/h1-8,16H. The van der Waals surface area contributed by atoms with Crippen molar-refractivity contribution in [2.75, 3.05) is 0 Å². The normalized spacial score (nSPS) is 9.95. The fraction of sp³-hybridized carbons (Fsp3) is 0. The molecule has 0 saturated heterocycles. The second-order valence-corrected chi connectivity index (χ2v) is 4.65. The average Bonchev–Trinajstić information content (AvgIpc) is 2.40. The van der Waals surface area contributed by atoms with Crippen LogP contribution in [0.5, 0.6) is 5.75 Å². The number of aromatic hydroxyl groups is 1. The molecule has 1 N–H and O–H groups in total. The van der Waals surface area contributed by atoms with Crippen LogP contribution in [0.3, 0.4) is 0 Å². The van der Waals surface area contributed by atoms with E-state index in [2.05, 4.69) is 15.9 Å². The van der Waals surface area contributed by atoms with Crippen LogP contribution in [0, 0.1) is 0 Å². The Morgan fingerprint density at radius 1 is 0.842 bits per heavy atom. The molecular weight excluding hydrogens is 312 g/mol. The molecule has 4 nitrogen and oxygen atoms in total. The third kappa shape index (κ3) is 3.42. The summed E-state index contributed by atoms with van der Waals surface area (Å²) >= 11 is 3.25. The highest BCUT2D eigenvalue weighted by molar-refractivity contribution is 9.10. The Kier molecular flexibility index (Phi) is 3.97. The minimum absolute atomic E-state index is 0.0378. The fourth-order valence-electron chi connectivity index (χ4n) is 1.39. The third-order valence-corrected chi connectivity index (χ3v) is 2.90. The van der Waals surface area contributed by atoms with E-state index < -0.39 is 11.9 Å². The van der Waals surface area contributed by atoms with Gasteiger partial charge in [0.1, 0.15) is 5.75 Å². The maximum absolute atomic E-state index is 11.7. The van der Waals surface area contributed by atoms with Crippen molar-refractivity contribution in [3.8, 4) is 5.75 Å². The highest BCUT2D eigenvalue weighted by Gasteiger charge is 2.14. The SMILES string of the molecule is O=C(OC(=O)c1ccc(Br)cc1)c1ccc(O)cc1. The van der Waals surface area contributed by atoms with Gasteiger partial charge in [0.05, 0.1) is 11.1 Å². The van der Waals surface area contributed by atoms with E-state index in [1.165, 1.54) is 24.3 Å². The molecule has 0 aliphatic rings. The van der Waals surface area contributed by atoms with Gasteiger partial charge in [0.2, 0.25) is 0 Å². The van der Waals surface area contributed by atoms with Crippen LogP contribution < -0.4 is 0 Å². The summed E-state index contributed by atoms with van der Waals surface area (Å²) in [5, 5.41) is 9.10. The lowest BCUT2D eigenvalue weighted by Crippen LogP contribution is -2.12. The topological polar surface area (TPSA) is 63.6 Å². The van der Waals surface area contributed by atoms with Gasteiger partial charge >= 0.3 is 11.9 Å². The predicted molar refractivity (Wildman–Crippen MR) is 72.0 cm³/mol. The molecule has 5 heteroatoms. The van der Waals surface area contributed by atoms with Crippen LogP contribution in [-0.2, 0) is 4.74 Å². The van der Waals surface area contributed by atoms with Crippen LogP contribution in [0.25, 0.3) is 0 Å². The van der Waals surface area contributed by atoms with Crippen molar-refractivity contribution in [2.24, 2.45) is 0 Å². The second-order valence-electron chi connectivity index (χ2n) is 3.73. The van der Waals surface area contributed by atoms with Crippen LogP contribution in [-0.4, -0.2) is 17.0 Å². The molecule has 0 aromatic heterocycles. The second kappa shape index (κ2) is 5.67. The minimum Gasteiger partial charge on any atom is -0.508 e. The van der Waals surface area contributed by atoms with Crippen molar-refractivity contribution in [1.82, 2.24) is 0 Å². The molecule has 2 aromatic carbocycles. The molecule has 0 unspecified atom stereocenters.